The molecule has 1 aromatic heterocycles. The SMILES string of the molecule is COC(=O)c1c(-c2ccc(F)c(C(F)(F)F)c2)ccn1C(=O)OC(C)(C)C. The van der Waals surface area contributed by atoms with Gasteiger partial charge in [0.1, 0.15) is 17.1 Å². The van der Waals surface area contributed by atoms with Crippen LogP contribution in [0.2, 0.25) is 0 Å². The predicted molar refractivity (Wildman–Crippen MR) is 87.8 cm³/mol. The molecule has 0 saturated carbocycles. The summed E-state index contributed by atoms with van der Waals surface area (Å²) in [7, 11) is 1.06. The average Bonchev–Trinajstić information content (AvgIpc) is 2.97. The fraction of sp³-hybridized carbons (Fsp3) is 0.333. The zero-order valence-corrected chi connectivity index (χ0v) is 15.0. The van der Waals surface area contributed by atoms with Crippen molar-refractivity contribution < 1.29 is 36.6 Å². The number of halogens is 4. The van der Waals surface area contributed by atoms with Crippen molar-refractivity contribution in [2.24, 2.45) is 0 Å². The maximum absolute atomic E-state index is 13.5. The van der Waals surface area contributed by atoms with E-state index in [0.29, 0.717) is 12.1 Å². The van der Waals surface area contributed by atoms with Gasteiger partial charge in [0, 0.05) is 11.8 Å². The van der Waals surface area contributed by atoms with Gasteiger partial charge in [-0.15, -0.1) is 0 Å². The van der Waals surface area contributed by atoms with E-state index in [2.05, 4.69) is 4.74 Å². The van der Waals surface area contributed by atoms with Gasteiger partial charge in [-0.3, -0.25) is 0 Å². The third-order valence-electron chi connectivity index (χ3n) is 3.44. The second-order valence-electron chi connectivity index (χ2n) is 6.61. The number of alkyl halides is 3. The van der Waals surface area contributed by atoms with Crippen molar-refractivity contribution in [3.8, 4) is 11.1 Å². The van der Waals surface area contributed by atoms with Gasteiger partial charge in [-0.05, 0) is 44.5 Å². The second kappa shape index (κ2) is 7.05. The fourth-order valence-corrected chi connectivity index (χ4v) is 2.34. The van der Waals surface area contributed by atoms with Crippen LogP contribution in [0.3, 0.4) is 0 Å². The van der Waals surface area contributed by atoms with Gasteiger partial charge in [0.05, 0.1) is 12.7 Å². The number of benzene rings is 1. The minimum atomic E-state index is -4.92. The molecule has 0 N–H and O–H groups in total. The number of ether oxygens (including phenoxy) is 2. The molecule has 0 radical (unpaired) electrons. The quantitative estimate of drug-likeness (QED) is 0.544. The molecule has 146 valence electrons. The van der Waals surface area contributed by atoms with Crippen LogP contribution < -0.4 is 0 Å². The van der Waals surface area contributed by atoms with Crippen LogP contribution in [0, 0.1) is 5.82 Å². The largest absolute Gasteiger partial charge is 0.464 e. The van der Waals surface area contributed by atoms with E-state index < -0.39 is 35.2 Å². The van der Waals surface area contributed by atoms with Gasteiger partial charge < -0.3 is 9.47 Å². The second-order valence-corrected chi connectivity index (χ2v) is 6.61. The molecule has 9 heteroatoms. The monoisotopic (exact) mass is 387 g/mol. The predicted octanol–water partition coefficient (Wildman–Crippen LogP) is 4.88. The van der Waals surface area contributed by atoms with Crippen molar-refractivity contribution in [1.82, 2.24) is 4.57 Å². The zero-order chi connectivity index (χ0) is 20.6. The standard InChI is InChI=1S/C18H17F4NO4/c1-17(2,3)27-16(25)23-8-7-11(14(23)15(24)26-4)10-5-6-13(19)12(9-10)18(20,21)22/h5-9H,1-4H3. The van der Waals surface area contributed by atoms with Crippen LogP contribution in [0.15, 0.2) is 30.5 Å². The van der Waals surface area contributed by atoms with E-state index >= 15 is 0 Å². The summed E-state index contributed by atoms with van der Waals surface area (Å²) in [4.78, 5) is 24.5. The number of nitrogens with zero attached hydrogens (tertiary/aromatic N) is 1. The highest BCUT2D eigenvalue weighted by molar-refractivity contribution is 5.99. The van der Waals surface area contributed by atoms with Crippen molar-refractivity contribution in [2.75, 3.05) is 7.11 Å². The Labute approximate surface area is 152 Å². The van der Waals surface area contributed by atoms with Crippen LogP contribution in [0.25, 0.3) is 11.1 Å². The van der Waals surface area contributed by atoms with Crippen LogP contribution >= 0.6 is 0 Å². The first-order valence-corrected chi connectivity index (χ1v) is 7.75. The molecule has 0 amide bonds. The minimum Gasteiger partial charge on any atom is -0.464 e. The lowest BCUT2D eigenvalue weighted by Gasteiger charge is -2.20. The molecule has 0 saturated heterocycles. The molecule has 0 bridgehead atoms. The summed E-state index contributed by atoms with van der Waals surface area (Å²) in [6.45, 7) is 4.84. The number of carbonyl (C=O) groups excluding carboxylic acids is 2. The molecule has 2 aromatic rings. The van der Waals surface area contributed by atoms with Gasteiger partial charge >= 0.3 is 18.2 Å². The number of aromatic nitrogens is 1. The first-order valence-electron chi connectivity index (χ1n) is 7.75. The summed E-state index contributed by atoms with van der Waals surface area (Å²) >= 11 is 0. The number of carbonyl (C=O) groups is 2. The highest BCUT2D eigenvalue weighted by atomic mass is 19.4. The maximum atomic E-state index is 13.5. The van der Waals surface area contributed by atoms with Crippen LogP contribution in [-0.2, 0) is 15.7 Å². The number of methoxy groups -OCH3 is 1. The van der Waals surface area contributed by atoms with Crippen LogP contribution in [0.1, 0.15) is 36.8 Å². The van der Waals surface area contributed by atoms with E-state index in [9.17, 15) is 27.2 Å². The number of hydrogen-bond acceptors (Lipinski definition) is 4. The third kappa shape index (κ3) is 4.47. The smallest absolute Gasteiger partial charge is 0.419 e. The molecular formula is C18H17F4NO4. The molecule has 0 spiro atoms. The molecule has 1 heterocycles. The molecule has 2 rings (SSSR count). The van der Waals surface area contributed by atoms with E-state index in [0.717, 1.165) is 17.7 Å². The highest BCUT2D eigenvalue weighted by Gasteiger charge is 2.35. The van der Waals surface area contributed by atoms with Crippen molar-refractivity contribution in [2.45, 2.75) is 32.5 Å². The van der Waals surface area contributed by atoms with E-state index in [1.54, 1.807) is 20.8 Å². The molecule has 0 aliphatic carbocycles. The van der Waals surface area contributed by atoms with Crippen molar-refractivity contribution in [1.29, 1.82) is 0 Å². The van der Waals surface area contributed by atoms with Crippen LogP contribution in [0.4, 0.5) is 22.4 Å². The van der Waals surface area contributed by atoms with Crippen molar-refractivity contribution >= 4 is 12.1 Å². The van der Waals surface area contributed by atoms with Crippen molar-refractivity contribution in [3.63, 3.8) is 0 Å². The maximum Gasteiger partial charge on any atom is 0.419 e. The van der Waals surface area contributed by atoms with E-state index in [4.69, 9.17) is 4.74 Å². The van der Waals surface area contributed by atoms with E-state index in [1.165, 1.54) is 12.3 Å². The topological polar surface area (TPSA) is 57.5 Å². The lowest BCUT2D eigenvalue weighted by molar-refractivity contribution is -0.139. The van der Waals surface area contributed by atoms with Crippen LogP contribution in [0.5, 0.6) is 0 Å². The normalized spacial score (nSPS) is 12.0. The Hall–Kier alpha value is -2.84. The molecule has 1 aromatic carbocycles. The lowest BCUT2D eigenvalue weighted by atomic mass is 10.0. The zero-order valence-electron chi connectivity index (χ0n) is 15.0. The third-order valence-corrected chi connectivity index (χ3v) is 3.44. The molecule has 0 aliphatic rings. The first kappa shape index (κ1) is 20.5. The molecule has 0 atom stereocenters. The van der Waals surface area contributed by atoms with E-state index in [-0.39, 0.29) is 16.8 Å². The Morgan fingerprint density at radius 3 is 2.22 bits per heavy atom. The summed E-state index contributed by atoms with van der Waals surface area (Å²) < 4.78 is 63.1. The summed E-state index contributed by atoms with van der Waals surface area (Å²) in [5.74, 6) is -2.41. The summed E-state index contributed by atoms with van der Waals surface area (Å²) in [5, 5.41) is 0. The van der Waals surface area contributed by atoms with Gasteiger partial charge in [-0.1, -0.05) is 6.07 Å². The lowest BCUT2D eigenvalue weighted by Crippen LogP contribution is -2.28. The summed E-state index contributed by atoms with van der Waals surface area (Å²) in [5.41, 5.74) is -2.81. The number of hydrogen-bond donors (Lipinski definition) is 0. The average molecular weight is 387 g/mol. The molecule has 0 fully saturated rings. The van der Waals surface area contributed by atoms with Gasteiger partial charge in [-0.25, -0.2) is 18.5 Å². The Bertz CT molecular complexity index is 878. The van der Waals surface area contributed by atoms with E-state index in [1.807, 2.05) is 0 Å². The molecule has 0 unspecified atom stereocenters. The summed E-state index contributed by atoms with van der Waals surface area (Å²) in [6, 6.07) is 3.54. The summed E-state index contributed by atoms with van der Waals surface area (Å²) in [6.07, 6.45) is -4.65. The Morgan fingerprint density at radius 1 is 1.07 bits per heavy atom. The Kier molecular flexibility index (Phi) is 5.35. The molecular weight excluding hydrogens is 370 g/mol. The number of esters is 1. The van der Waals surface area contributed by atoms with Crippen LogP contribution in [-0.4, -0.2) is 29.3 Å². The van der Waals surface area contributed by atoms with Gasteiger partial charge in [0.25, 0.3) is 0 Å². The molecule has 27 heavy (non-hydrogen) atoms. The highest BCUT2D eigenvalue weighted by Crippen LogP contribution is 2.35. The molecule has 5 nitrogen and oxygen atoms in total. The fourth-order valence-electron chi connectivity index (χ4n) is 2.34. The minimum absolute atomic E-state index is 0.0294. The first-order chi connectivity index (χ1) is 12.3. The number of rotatable bonds is 2. The Balaban J connectivity index is 2.62. The van der Waals surface area contributed by atoms with Gasteiger partial charge in [-0.2, -0.15) is 13.2 Å². The van der Waals surface area contributed by atoms with Crippen molar-refractivity contribution in [3.05, 3.63) is 47.5 Å². The van der Waals surface area contributed by atoms with Gasteiger partial charge in [0.15, 0.2) is 0 Å². The Morgan fingerprint density at radius 2 is 1.70 bits per heavy atom. The molecule has 0 aliphatic heterocycles. The van der Waals surface area contributed by atoms with Gasteiger partial charge in [0.2, 0.25) is 0 Å².